The van der Waals surface area contributed by atoms with Crippen LogP contribution in [0.2, 0.25) is 0 Å². The Hall–Kier alpha value is -2.50. The molecule has 1 aliphatic rings. The largest absolute Gasteiger partial charge is 0.379 e. The fourth-order valence-electron chi connectivity index (χ4n) is 3.19. The number of hydrogen-bond donors (Lipinski definition) is 0. The van der Waals surface area contributed by atoms with Crippen LogP contribution < -0.4 is 0 Å². The number of ether oxygens (including phenoxy) is 1. The van der Waals surface area contributed by atoms with Crippen LogP contribution in [-0.4, -0.2) is 45.7 Å². The first kappa shape index (κ1) is 16.0. The van der Waals surface area contributed by atoms with Crippen molar-refractivity contribution in [2.24, 2.45) is 0 Å². The van der Waals surface area contributed by atoms with E-state index in [2.05, 4.69) is 45.2 Å². The van der Waals surface area contributed by atoms with Gasteiger partial charge in [0.2, 0.25) is 0 Å². The second-order valence-corrected chi connectivity index (χ2v) is 6.36. The average molecular weight is 334 g/mol. The summed E-state index contributed by atoms with van der Waals surface area (Å²) in [6.07, 6.45) is 7.54. The van der Waals surface area contributed by atoms with Gasteiger partial charge < -0.3 is 9.30 Å². The lowest BCUT2D eigenvalue weighted by Gasteiger charge is -2.26. The van der Waals surface area contributed by atoms with Crippen LogP contribution in [-0.2, 0) is 11.3 Å². The van der Waals surface area contributed by atoms with Crippen LogP contribution in [0.25, 0.3) is 16.8 Å². The van der Waals surface area contributed by atoms with E-state index in [0.29, 0.717) is 0 Å². The Labute approximate surface area is 147 Å². The van der Waals surface area contributed by atoms with Crippen LogP contribution in [0.3, 0.4) is 0 Å². The lowest BCUT2D eigenvalue weighted by molar-refractivity contribution is 0.0342. The molecule has 1 aliphatic heterocycles. The SMILES string of the molecule is Cc1nccn1-c1cncc(-c2ccc(CN3CCOCC3)cc2)c1. The maximum atomic E-state index is 5.41. The van der Waals surface area contributed by atoms with E-state index in [1.807, 2.05) is 36.3 Å². The molecular formula is C20H22N4O. The van der Waals surface area contributed by atoms with Crippen molar-refractivity contribution in [3.05, 3.63) is 66.5 Å². The molecule has 1 fully saturated rings. The van der Waals surface area contributed by atoms with Crippen molar-refractivity contribution in [1.29, 1.82) is 0 Å². The Bertz CT molecular complexity index is 835. The van der Waals surface area contributed by atoms with Gasteiger partial charge >= 0.3 is 0 Å². The summed E-state index contributed by atoms with van der Waals surface area (Å²) < 4.78 is 7.45. The van der Waals surface area contributed by atoms with E-state index in [1.165, 1.54) is 11.1 Å². The standard InChI is InChI=1S/C20H22N4O/c1-16-22-6-7-24(16)20-12-19(13-21-14-20)18-4-2-17(3-5-18)15-23-8-10-25-11-9-23/h2-7,12-14H,8-11,15H2,1H3. The lowest BCUT2D eigenvalue weighted by Crippen LogP contribution is -2.35. The summed E-state index contributed by atoms with van der Waals surface area (Å²) >= 11 is 0. The highest BCUT2D eigenvalue weighted by atomic mass is 16.5. The van der Waals surface area contributed by atoms with Crippen LogP contribution in [0.15, 0.2) is 55.1 Å². The van der Waals surface area contributed by atoms with Gasteiger partial charge in [0.1, 0.15) is 5.82 Å². The summed E-state index contributed by atoms with van der Waals surface area (Å²) in [6, 6.07) is 10.9. The highest BCUT2D eigenvalue weighted by Gasteiger charge is 2.11. The highest BCUT2D eigenvalue weighted by Crippen LogP contribution is 2.22. The maximum Gasteiger partial charge on any atom is 0.110 e. The van der Waals surface area contributed by atoms with Crippen molar-refractivity contribution in [3.63, 3.8) is 0 Å². The van der Waals surface area contributed by atoms with E-state index in [0.717, 1.165) is 49.9 Å². The van der Waals surface area contributed by atoms with Gasteiger partial charge in [0.05, 0.1) is 25.1 Å². The second-order valence-electron chi connectivity index (χ2n) is 6.36. The molecule has 0 N–H and O–H groups in total. The lowest BCUT2D eigenvalue weighted by atomic mass is 10.0. The third-order valence-electron chi connectivity index (χ3n) is 4.62. The molecule has 0 bridgehead atoms. The molecule has 0 atom stereocenters. The first-order chi connectivity index (χ1) is 12.3. The van der Waals surface area contributed by atoms with Crippen molar-refractivity contribution < 1.29 is 4.74 Å². The highest BCUT2D eigenvalue weighted by molar-refractivity contribution is 5.65. The number of aromatic nitrogens is 3. The van der Waals surface area contributed by atoms with Crippen molar-refractivity contribution in [2.75, 3.05) is 26.3 Å². The summed E-state index contributed by atoms with van der Waals surface area (Å²) in [5.41, 5.74) is 4.66. The first-order valence-corrected chi connectivity index (χ1v) is 8.64. The smallest absolute Gasteiger partial charge is 0.110 e. The quantitative estimate of drug-likeness (QED) is 0.735. The Morgan fingerprint density at radius 3 is 2.56 bits per heavy atom. The normalized spacial score (nSPS) is 15.4. The number of imidazole rings is 1. The van der Waals surface area contributed by atoms with Gasteiger partial charge in [-0.1, -0.05) is 24.3 Å². The van der Waals surface area contributed by atoms with Crippen molar-refractivity contribution in [3.8, 4) is 16.8 Å². The number of aryl methyl sites for hydroxylation is 1. The third kappa shape index (κ3) is 3.62. The summed E-state index contributed by atoms with van der Waals surface area (Å²) in [5.74, 6) is 0.958. The molecule has 0 amide bonds. The molecule has 25 heavy (non-hydrogen) atoms. The number of morpholine rings is 1. The van der Waals surface area contributed by atoms with Crippen LogP contribution in [0.1, 0.15) is 11.4 Å². The van der Waals surface area contributed by atoms with E-state index >= 15 is 0 Å². The van der Waals surface area contributed by atoms with Crippen LogP contribution >= 0.6 is 0 Å². The molecule has 128 valence electrons. The first-order valence-electron chi connectivity index (χ1n) is 8.64. The topological polar surface area (TPSA) is 43.2 Å². The zero-order valence-electron chi connectivity index (χ0n) is 14.4. The summed E-state index contributed by atoms with van der Waals surface area (Å²) in [7, 11) is 0. The maximum absolute atomic E-state index is 5.41. The third-order valence-corrected chi connectivity index (χ3v) is 4.62. The van der Waals surface area contributed by atoms with E-state index in [9.17, 15) is 0 Å². The van der Waals surface area contributed by atoms with Crippen molar-refractivity contribution in [2.45, 2.75) is 13.5 Å². The minimum Gasteiger partial charge on any atom is -0.379 e. The average Bonchev–Trinajstić information content (AvgIpc) is 3.09. The predicted molar refractivity (Wildman–Crippen MR) is 97.6 cm³/mol. The molecule has 1 saturated heterocycles. The number of nitrogens with zero attached hydrogens (tertiary/aromatic N) is 4. The second kappa shape index (κ2) is 7.17. The van der Waals surface area contributed by atoms with Gasteiger partial charge in [-0.2, -0.15) is 0 Å². The molecule has 5 heteroatoms. The van der Waals surface area contributed by atoms with Crippen LogP contribution in [0, 0.1) is 6.92 Å². The molecule has 0 aliphatic carbocycles. The van der Waals surface area contributed by atoms with Gasteiger partial charge in [0, 0.05) is 43.8 Å². The minimum atomic E-state index is 0.838. The molecule has 2 aromatic heterocycles. The van der Waals surface area contributed by atoms with Crippen molar-refractivity contribution in [1.82, 2.24) is 19.4 Å². The molecule has 1 aromatic carbocycles. The van der Waals surface area contributed by atoms with Gasteiger partial charge in [-0.25, -0.2) is 4.98 Å². The van der Waals surface area contributed by atoms with Gasteiger partial charge in [0.25, 0.3) is 0 Å². The molecule has 0 spiro atoms. The molecule has 3 heterocycles. The molecule has 3 aromatic rings. The molecule has 4 rings (SSSR count). The summed E-state index contributed by atoms with van der Waals surface area (Å²) in [4.78, 5) is 11.1. The van der Waals surface area contributed by atoms with E-state index < -0.39 is 0 Å². The summed E-state index contributed by atoms with van der Waals surface area (Å²) in [5, 5.41) is 0. The fourth-order valence-corrected chi connectivity index (χ4v) is 3.19. The Morgan fingerprint density at radius 1 is 1.04 bits per heavy atom. The zero-order valence-corrected chi connectivity index (χ0v) is 14.4. The number of benzene rings is 1. The summed E-state index contributed by atoms with van der Waals surface area (Å²) in [6.45, 7) is 6.67. The van der Waals surface area contributed by atoms with E-state index in [-0.39, 0.29) is 0 Å². The van der Waals surface area contributed by atoms with E-state index in [4.69, 9.17) is 4.74 Å². The minimum absolute atomic E-state index is 0.838. The zero-order chi connectivity index (χ0) is 17.1. The van der Waals surface area contributed by atoms with Gasteiger partial charge in [0.15, 0.2) is 0 Å². The Morgan fingerprint density at radius 2 is 1.84 bits per heavy atom. The molecule has 0 radical (unpaired) electrons. The van der Waals surface area contributed by atoms with Gasteiger partial charge in [-0.15, -0.1) is 0 Å². The molecule has 0 saturated carbocycles. The number of hydrogen-bond acceptors (Lipinski definition) is 4. The van der Waals surface area contributed by atoms with E-state index in [1.54, 1.807) is 0 Å². The molecular weight excluding hydrogens is 312 g/mol. The monoisotopic (exact) mass is 334 g/mol. The fraction of sp³-hybridized carbons (Fsp3) is 0.300. The number of pyridine rings is 1. The van der Waals surface area contributed by atoms with Crippen LogP contribution in [0.4, 0.5) is 0 Å². The Balaban J connectivity index is 1.53. The predicted octanol–water partition coefficient (Wildman–Crippen LogP) is 3.07. The molecule has 5 nitrogen and oxygen atoms in total. The van der Waals surface area contributed by atoms with Crippen LogP contribution in [0.5, 0.6) is 0 Å². The number of rotatable bonds is 4. The Kier molecular flexibility index (Phi) is 4.59. The van der Waals surface area contributed by atoms with Gasteiger partial charge in [-0.05, 0) is 24.1 Å². The molecule has 0 unspecified atom stereocenters. The van der Waals surface area contributed by atoms with Gasteiger partial charge in [-0.3, -0.25) is 9.88 Å². The van der Waals surface area contributed by atoms with Crippen molar-refractivity contribution >= 4 is 0 Å².